The summed E-state index contributed by atoms with van der Waals surface area (Å²) in [5.74, 6) is 0.121. The van der Waals surface area contributed by atoms with Crippen molar-refractivity contribution in [1.82, 2.24) is 14.5 Å². The summed E-state index contributed by atoms with van der Waals surface area (Å²) in [6.07, 6.45) is 4.66. The van der Waals surface area contributed by atoms with Crippen LogP contribution in [0.2, 0.25) is 0 Å². The number of ether oxygens (including phenoxy) is 1. The second-order valence-electron chi connectivity index (χ2n) is 5.16. The quantitative estimate of drug-likeness (QED) is 0.874. The van der Waals surface area contributed by atoms with Gasteiger partial charge in [-0.25, -0.2) is 9.97 Å². The lowest BCUT2D eigenvalue weighted by molar-refractivity contribution is 0.102. The number of amides is 1. The molecule has 0 atom stereocenters. The number of morpholine rings is 1. The fraction of sp³-hybridized carbons (Fsp3) is 0.333. The second-order valence-corrected chi connectivity index (χ2v) is 5.16. The van der Waals surface area contributed by atoms with Crippen molar-refractivity contribution < 1.29 is 9.53 Å². The van der Waals surface area contributed by atoms with Gasteiger partial charge in [0, 0.05) is 26.3 Å². The van der Waals surface area contributed by atoms with E-state index in [-0.39, 0.29) is 11.1 Å². The Hall–Kier alpha value is -2.74. The third kappa shape index (κ3) is 3.37. The molecule has 0 spiro atoms. The highest BCUT2D eigenvalue weighted by Gasteiger charge is 2.15. The van der Waals surface area contributed by atoms with Crippen LogP contribution < -0.4 is 15.8 Å². The maximum atomic E-state index is 12.2. The highest BCUT2D eigenvalue weighted by Crippen LogP contribution is 2.12. The molecule has 120 valence electrons. The van der Waals surface area contributed by atoms with E-state index >= 15 is 0 Å². The van der Waals surface area contributed by atoms with Crippen LogP contribution in [0.4, 0.5) is 11.6 Å². The van der Waals surface area contributed by atoms with Gasteiger partial charge in [0.2, 0.25) is 5.95 Å². The monoisotopic (exact) mass is 315 g/mol. The molecule has 3 rings (SSSR count). The zero-order chi connectivity index (χ0) is 16.2. The Morgan fingerprint density at radius 1 is 1.26 bits per heavy atom. The number of rotatable bonds is 3. The highest BCUT2D eigenvalue weighted by atomic mass is 16.5. The largest absolute Gasteiger partial charge is 0.378 e. The summed E-state index contributed by atoms with van der Waals surface area (Å²) in [6, 6.07) is 3.13. The van der Waals surface area contributed by atoms with Gasteiger partial charge in [-0.2, -0.15) is 0 Å². The molecule has 1 aliphatic rings. The summed E-state index contributed by atoms with van der Waals surface area (Å²) >= 11 is 0. The third-order valence-corrected chi connectivity index (χ3v) is 3.56. The van der Waals surface area contributed by atoms with Crippen LogP contribution in [0.3, 0.4) is 0 Å². The number of nitrogens with zero attached hydrogens (tertiary/aromatic N) is 4. The predicted molar refractivity (Wildman–Crippen MR) is 84.7 cm³/mol. The highest BCUT2D eigenvalue weighted by molar-refractivity contribution is 6.03. The summed E-state index contributed by atoms with van der Waals surface area (Å²) in [7, 11) is 1.60. The number of nitrogens with one attached hydrogen (secondary N) is 1. The molecule has 2 aromatic heterocycles. The van der Waals surface area contributed by atoms with Crippen LogP contribution >= 0.6 is 0 Å². The summed E-state index contributed by atoms with van der Waals surface area (Å²) in [6.45, 7) is 2.79. The number of carbonyl (C=O) groups is 1. The van der Waals surface area contributed by atoms with E-state index in [1.807, 2.05) is 4.90 Å². The van der Waals surface area contributed by atoms with E-state index in [9.17, 15) is 9.59 Å². The molecule has 3 heterocycles. The average Bonchev–Trinajstić information content (AvgIpc) is 2.59. The molecule has 0 radical (unpaired) electrons. The molecule has 0 aliphatic carbocycles. The van der Waals surface area contributed by atoms with Gasteiger partial charge in [-0.1, -0.05) is 0 Å². The Morgan fingerprint density at radius 2 is 1.96 bits per heavy atom. The first-order chi connectivity index (χ1) is 11.1. The van der Waals surface area contributed by atoms with E-state index in [1.54, 1.807) is 19.3 Å². The lowest BCUT2D eigenvalue weighted by Crippen LogP contribution is -2.37. The number of aryl methyl sites for hydroxylation is 1. The van der Waals surface area contributed by atoms with Gasteiger partial charge in [0.15, 0.2) is 0 Å². The van der Waals surface area contributed by atoms with E-state index in [2.05, 4.69) is 15.3 Å². The summed E-state index contributed by atoms with van der Waals surface area (Å²) < 4.78 is 6.64. The van der Waals surface area contributed by atoms with Gasteiger partial charge in [-0.3, -0.25) is 9.59 Å². The summed E-state index contributed by atoms with van der Waals surface area (Å²) in [5, 5.41) is 2.64. The van der Waals surface area contributed by atoms with Gasteiger partial charge in [0.05, 0.1) is 31.3 Å². The van der Waals surface area contributed by atoms with Gasteiger partial charge in [-0.05, 0) is 12.1 Å². The van der Waals surface area contributed by atoms with Crippen molar-refractivity contribution >= 4 is 17.5 Å². The van der Waals surface area contributed by atoms with Crippen LogP contribution in [-0.4, -0.2) is 46.7 Å². The van der Waals surface area contributed by atoms with Gasteiger partial charge < -0.3 is 19.5 Å². The molecule has 23 heavy (non-hydrogen) atoms. The Balaban J connectivity index is 1.71. The first-order valence-corrected chi connectivity index (χ1v) is 7.27. The molecule has 8 nitrogen and oxygen atoms in total. The molecule has 1 amide bonds. The zero-order valence-corrected chi connectivity index (χ0v) is 12.7. The third-order valence-electron chi connectivity index (χ3n) is 3.56. The van der Waals surface area contributed by atoms with Crippen molar-refractivity contribution in [1.29, 1.82) is 0 Å². The molecule has 0 aromatic carbocycles. The van der Waals surface area contributed by atoms with E-state index in [1.165, 1.54) is 23.0 Å². The molecule has 0 saturated carbocycles. The molecule has 8 heteroatoms. The van der Waals surface area contributed by atoms with Crippen LogP contribution in [0.15, 0.2) is 35.5 Å². The lowest BCUT2D eigenvalue weighted by atomic mass is 10.2. The van der Waals surface area contributed by atoms with E-state index in [0.717, 1.165) is 13.1 Å². The number of anilines is 2. The first-order valence-electron chi connectivity index (χ1n) is 7.27. The molecule has 0 unspecified atom stereocenters. The standard InChI is InChI=1S/C15H17N5O3/c1-19-4-2-3-12(14(19)22)13(21)18-11-9-16-15(17-10-11)20-5-7-23-8-6-20/h2-4,9-10H,5-8H2,1H3,(H,18,21). The average molecular weight is 315 g/mol. The normalized spacial score (nSPS) is 14.6. The minimum atomic E-state index is -0.478. The van der Waals surface area contributed by atoms with Crippen molar-refractivity contribution in [2.45, 2.75) is 0 Å². The van der Waals surface area contributed by atoms with Crippen molar-refractivity contribution in [2.24, 2.45) is 7.05 Å². The Labute approximate surface area is 132 Å². The van der Waals surface area contributed by atoms with Gasteiger partial charge in [0.25, 0.3) is 11.5 Å². The van der Waals surface area contributed by atoms with Crippen molar-refractivity contribution in [3.8, 4) is 0 Å². The first kappa shape index (κ1) is 15.2. The summed E-state index contributed by atoms with van der Waals surface area (Å²) in [5.41, 5.74) is 0.168. The Kier molecular flexibility index (Phi) is 4.33. The summed E-state index contributed by atoms with van der Waals surface area (Å²) in [4.78, 5) is 34.6. The van der Waals surface area contributed by atoms with E-state index < -0.39 is 5.91 Å². The lowest BCUT2D eigenvalue weighted by Gasteiger charge is -2.26. The van der Waals surface area contributed by atoms with Crippen LogP contribution in [0.25, 0.3) is 0 Å². The Morgan fingerprint density at radius 3 is 2.65 bits per heavy atom. The van der Waals surface area contributed by atoms with Crippen molar-refractivity contribution in [2.75, 3.05) is 36.5 Å². The number of pyridine rings is 1. The van der Waals surface area contributed by atoms with Gasteiger partial charge >= 0.3 is 0 Å². The Bertz CT molecular complexity index is 750. The fourth-order valence-corrected chi connectivity index (χ4v) is 2.28. The fourth-order valence-electron chi connectivity index (χ4n) is 2.28. The molecule has 1 aliphatic heterocycles. The minimum absolute atomic E-state index is 0.0762. The second kappa shape index (κ2) is 6.57. The molecule has 0 bridgehead atoms. The maximum Gasteiger partial charge on any atom is 0.263 e. The minimum Gasteiger partial charge on any atom is -0.378 e. The molecular formula is C15H17N5O3. The van der Waals surface area contributed by atoms with Crippen molar-refractivity contribution in [3.05, 3.63) is 46.6 Å². The van der Waals surface area contributed by atoms with Gasteiger partial charge in [-0.15, -0.1) is 0 Å². The van der Waals surface area contributed by atoms with Crippen molar-refractivity contribution in [3.63, 3.8) is 0 Å². The number of carbonyl (C=O) groups excluding carboxylic acids is 1. The van der Waals surface area contributed by atoms with E-state index in [0.29, 0.717) is 24.8 Å². The molecular weight excluding hydrogens is 298 g/mol. The van der Waals surface area contributed by atoms with Gasteiger partial charge in [0.1, 0.15) is 5.56 Å². The van der Waals surface area contributed by atoms with Crippen LogP contribution in [-0.2, 0) is 11.8 Å². The van der Waals surface area contributed by atoms with Crippen LogP contribution in [0, 0.1) is 0 Å². The molecule has 1 saturated heterocycles. The van der Waals surface area contributed by atoms with E-state index in [4.69, 9.17) is 4.74 Å². The zero-order valence-electron chi connectivity index (χ0n) is 12.7. The SMILES string of the molecule is Cn1cccc(C(=O)Nc2cnc(N3CCOCC3)nc2)c1=O. The topological polar surface area (TPSA) is 89.3 Å². The number of hydrogen-bond donors (Lipinski definition) is 1. The molecule has 2 aromatic rings. The molecule has 1 N–H and O–H groups in total. The smallest absolute Gasteiger partial charge is 0.263 e. The molecule has 1 fully saturated rings. The number of hydrogen-bond acceptors (Lipinski definition) is 6. The number of aromatic nitrogens is 3. The predicted octanol–water partition coefficient (Wildman–Crippen LogP) is 0.264. The van der Waals surface area contributed by atoms with Crippen LogP contribution in [0.5, 0.6) is 0 Å². The maximum absolute atomic E-state index is 12.2. The van der Waals surface area contributed by atoms with Crippen LogP contribution in [0.1, 0.15) is 10.4 Å².